The minimum absolute atomic E-state index is 0.171. The van der Waals surface area contributed by atoms with Crippen LogP contribution in [0.4, 0.5) is 0 Å². The average Bonchev–Trinajstić information content (AvgIpc) is 2.28. The molecule has 1 nitrogen and oxygen atoms in total. The van der Waals surface area contributed by atoms with Crippen molar-refractivity contribution in [3.05, 3.63) is 29.1 Å². The van der Waals surface area contributed by atoms with Gasteiger partial charge in [-0.25, -0.2) is 0 Å². The molecule has 0 N–H and O–H groups in total. The predicted molar refractivity (Wildman–Crippen MR) is 75.6 cm³/mol. The van der Waals surface area contributed by atoms with Gasteiger partial charge in [-0.2, -0.15) is 0 Å². The molecule has 1 heteroatoms. The van der Waals surface area contributed by atoms with Crippen LogP contribution in [0.25, 0.3) is 0 Å². The minimum Gasteiger partial charge on any atom is -0.257 e. The molecule has 0 saturated heterocycles. The number of rotatable bonds is 4. The highest BCUT2D eigenvalue weighted by atomic mass is 14.8. The predicted octanol–water partition coefficient (Wildman–Crippen LogP) is 4.77. The van der Waals surface area contributed by atoms with Crippen molar-refractivity contribution in [1.82, 2.24) is 4.98 Å². The summed E-state index contributed by atoms with van der Waals surface area (Å²) in [6.45, 7) is 15.7. The molecule has 0 aromatic carbocycles. The molecule has 0 radical (unpaired) electrons. The highest BCUT2D eigenvalue weighted by Crippen LogP contribution is 2.30. The van der Waals surface area contributed by atoms with E-state index in [2.05, 4.69) is 60.6 Å². The van der Waals surface area contributed by atoms with E-state index in [1.807, 2.05) is 0 Å². The zero-order valence-corrected chi connectivity index (χ0v) is 12.5. The highest BCUT2D eigenvalue weighted by Gasteiger charge is 2.25. The summed E-state index contributed by atoms with van der Waals surface area (Å²) in [5.74, 6) is 0. The molecule has 0 fully saturated rings. The molecule has 0 aliphatic heterocycles. The summed E-state index contributed by atoms with van der Waals surface area (Å²) >= 11 is 0. The second-order valence-electron chi connectivity index (χ2n) is 6.39. The summed E-state index contributed by atoms with van der Waals surface area (Å²) < 4.78 is 0. The molecular formula is C16H27N. The van der Waals surface area contributed by atoms with E-state index in [0.29, 0.717) is 0 Å². The van der Waals surface area contributed by atoms with Crippen LogP contribution >= 0.6 is 0 Å². The van der Waals surface area contributed by atoms with E-state index in [-0.39, 0.29) is 10.8 Å². The van der Waals surface area contributed by atoms with Crippen LogP contribution in [0.1, 0.15) is 71.3 Å². The molecule has 0 amide bonds. The summed E-state index contributed by atoms with van der Waals surface area (Å²) in [6.07, 6.45) is 2.24. The van der Waals surface area contributed by atoms with E-state index in [1.54, 1.807) is 0 Å². The van der Waals surface area contributed by atoms with Gasteiger partial charge in [0, 0.05) is 22.2 Å². The van der Waals surface area contributed by atoms with Crippen LogP contribution in [0.3, 0.4) is 0 Å². The van der Waals surface area contributed by atoms with Gasteiger partial charge >= 0.3 is 0 Å². The van der Waals surface area contributed by atoms with Crippen molar-refractivity contribution in [3.63, 3.8) is 0 Å². The minimum atomic E-state index is 0.171. The van der Waals surface area contributed by atoms with E-state index in [9.17, 15) is 0 Å². The van der Waals surface area contributed by atoms with Gasteiger partial charge in [-0.1, -0.05) is 41.5 Å². The number of aryl methyl sites for hydroxylation is 1. The first kappa shape index (κ1) is 14.2. The third kappa shape index (κ3) is 3.08. The number of aromatic nitrogens is 1. The van der Waals surface area contributed by atoms with E-state index in [1.165, 1.54) is 17.0 Å². The third-order valence-corrected chi connectivity index (χ3v) is 4.12. The molecule has 0 spiro atoms. The van der Waals surface area contributed by atoms with Gasteiger partial charge in [-0.15, -0.1) is 0 Å². The monoisotopic (exact) mass is 233 g/mol. The van der Waals surface area contributed by atoms with Gasteiger partial charge in [0.15, 0.2) is 0 Å². The smallest absolute Gasteiger partial charge is 0.0465 e. The van der Waals surface area contributed by atoms with Crippen molar-refractivity contribution in [3.8, 4) is 0 Å². The van der Waals surface area contributed by atoms with Crippen molar-refractivity contribution in [2.45, 2.75) is 72.1 Å². The Morgan fingerprint density at radius 1 is 0.882 bits per heavy atom. The van der Waals surface area contributed by atoms with Crippen molar-refractivity contribution in [2.24, 2.45) is 0 Å². The summed E-state index contributed by atoms with van der Waals surface area (Å²) in [7, 11) is 0. The molecule has 0 unspecified atom stereocenters. The second-order valence-corrected chi connectivity index (χ2v) is 6.39. The van der Waals surface area contributed by atoms with Crippen molar-refractivity contribution in [1.29, 1.82) is 0 Å². The molecule has 1 aromatic rings. The van der Waals surface area contributed by atoms with Gasteiger partial charge < -0.3 is 0 Å². The molecular weight excluding hydrogens is 206 g/mol. The van der Waals surface area contributed by atoms with E-state index in [0.717, 1.165) is 12.8 Å². The molecule has 0 bridgehead atoms. The lowest BCUT2D eigenvalue weighted by atomic mass is 9.82. The Labute approximate surface area is 107 Å². The van der Waals surface area contributed by atoms with Crippen LogP contribution in [0.5, 0.6) is 0 Å². The number of hydrogen-bond donors (Lipinski definition) is 0. The molecule has 0 aliphatic carbocycles. The molecule has 0 aliphatic rings. The fourth-order valence-corrected chi connectivity index (χ4v) is 1.72. The Kier molecular flexibility index (Phi) is 4.01. The van der Waals surface area contributed by atoms with Gasteiger partial charge in [0.05, 0.1) is 0 Å². The summed E-state index contributed by atoms with van der Waals surface area (Å²) in [5, 5.41) is 0. The lowest BCUT2D eigenvalue weighted by Gasteiger charge is -2.28. The molecule has 0 atom stereocenters. The first-order valence-electron chi connectivity index (χ1n) is 6.72. The van der Waals surface area contributed by atoms with Crippen LogP contribution in [0.15, 0.2) is 12.1 Å². The van der Waals surface area contributed by atoms with Crippen LogP contribution in [0, 0.1) is 6.92 Å². The molecule has 1 aromatic heterocycles. The van der Waals surface area contributed by atoms with Crippen molar-refractivity contribution < 1.29 is 0 Å². The maximum Gasteiger partial charge on any atom is 0.0465 e. The first-order valence-corrected chi connectivity index (χ1v) is 6.72. The van der Waals surface area contributed by atoms with Gasteiger partial charge in [0.25, 0.3) is 0 Å². The van der Waals surface area contributed by atoms with E-state index < -0.39 is 0 Å². The lowest BCUT2D eigenvalue weighted by molar-refractivity contribution is 0.459. The van der Waals surface area contributed by atoms with Crippen LogP contribution in [-0.2, 0) is 10.8 Å². The van der Waals surface area contributed by atoms with E-state index >= 15 is 0 Å². The maximum absolute atomic E-state index is 4.92. The fraction of sp³-hybridized carbons (Fsp3) is 0.688. The zero-order valence-electron chi connectivity index (χ0n) is 12.5. The van der Waals surface area contributed by atoms with Gasteiger partial charge in [0.2, 0.25) is 0 Å². The van der Waals surface area contributed by atoms with E-state index in [4.69, 9.17) is 4.98 Å². The number of hydrogen-bond acceptors (Lipinski definition) is 1. The van der Waals surface area contributed by atoms with Crippen LogP contribution in [-0.4, -0.2) is 4.98 Å². The number of nitrogens with zero attached hydrogens (tertiary/aromatic N) is 1. The summed E-state index contributed by atoms with van der Waals surface area (Å²) in [4.78, 5) is 4.92. The topological polar surface area (TPSA) is 12.9 Å². The Balaban J connectivity index is 3.29. The second kappa shape index (κ2) is 4.80. The van der Waals surface area contributed by atoms with Gasteiger partial charge in [0.1, 0.15) is 0 Å². The third-order valence-electron chi connectivity index (χ3n) is 4.12. The Morgan fingerprint density at radius 2 is 1.24 bits per heavy atom. The fourth-order valence-electron chi connectivity index (χ4n) is 1.72. The van der Waals surface area contributed by atoms with Gasteiger partial charge in [-0.05, 0) is 37.5 Å². The molecule has 0 saturated carbocycles. The summed E-state index contributed by atoms with van der Waals surface area (Å²) in [5.41, 5.74) is 4.14. The molecule has 1 rings (SSSR count). The maximum atomic E-state index is 4.92. The number of pyridine rings is 1. The Bertz CT molecular complexity index is 354. The normalized spacial score (nSPS) is 12.9. The Morgan fingerprint density at radius 3 is 1.53 bits per heavy atom. The molecule has 17 heavy (non-hydrogen) atoms. The lowest BCUT2D eigenvalue weighted by Crippen LogP contribution is -2.23. The van der Waals surface area contributed by atoms with Gasteiger partial charge in [-0.3, -0.25) is 4.98 Å². The average molecular weight is 233 g/mol. The van der Waals surface area contributed by atoms with Crippen molar-refractivity contribution >= 4 is 0 Å². The first-order chi connectivity index (χ1) is 7.73. The SMILES string of the molecule is CCC(C)(C)c1cc(C)cc(C(C)(C)CC)n1. The van der Waals surface area contributed by atoms with Crippen LogP contribution < -0.4 is 0 Å². The standard InChI is InChI=1S/C16H27N/c1-8-15(4,5)13-10-12(3)11-14(17-13)16(6,7)9-2/h10-11H,8-9H2,1-7H3. The van der Waals surface area contributed by atoms with Crippen molar-refractivity contribution in [2.75, 3.05) is 0 Å². The quantitative estimate of drug-likeness (QED) is 0.730. The highest BCUT2D eigenvalue weighted by molar-refractivity contribution is 5.28. The van der Waals surface area contributed by atoms with Crippen LogP contribution in [0.2, 0.25) is 0 Å². The Hall–Kier alpha value is -0.850. The largest absolute Gasteiger partial charge is 0.257 e. The summed E-state index contributed by atoms with van der Waals surface area (Å²) in [6, 6.07) is 4.47. The molecule has 96 valence electrons. The molecule has 1 heterocycles. The zero-order chi connectivity index (χ0) is 13.3.